The molecule has 0 fully saturated rings. The molecular formula is C18H25N3O2S. The fourth-order valence-corrected chi connectivity index (χ4v) is 3.11. The predicted octanol–water partition coefficient (Wildman–Crippen LogP) is 2.84. The van der Waals surface area contributed by atoms with Gasteiger partial charge in [0.25, 0.3) is 0 Å². The molecule has 6 heteroatoms. The molecule has 2 amide bonds. The second kappa shape index (κ2) is 8.26. The van der Waals surface area contributed by atoms with Gasteiger partial charge in [-0.3, -0.25) is 0 Å². The van der Waals surface area contributed by atoms with Crippen molar-refractivity contribution in [2.45, 2.75) is 45.2 Å². The average molecular weight is 347 g/mol. The van der Waals surface area contributed by atoms with E-state index < -0.39 is 0 Å². The van der Waals surface area contributed by atoms with Crippen molar-refractivity contribution in [3.05, 3.63) is 52.0 Å². The first-order chi connectivity index (χ1) is 11.4. The highest BCUT2D eigenvalue weighted by atomic mass is 32.1. The van der Waals surface area contributed by atoms with E-state index in [0.29, 0.717) is 13.0 Å². The van der Waals surface area contributed by atoms with Gasteiger partial charge in [-0.1, -0.05) is 51.1 Å². The maximum Gasteiger partial charge on any atom is 0.315 e. The third-order valence-corrected chi connectivity index (χ3v) is 4.82. The lowest BCUT2D eigenvalue weighted by Crippen LogP contribution is -2.44. The van der Waals surface area contributed by atoms with E-state index in [-0.39, 0.29) is 24.1 Å². The van der Waals surface area contributed by atoms with Crippen molar-refractivity contribution in [1.82, 2.24) is 15.6 Å². The zero-order valence-corrected chi connectivity index (χ0v) is 15.2. The molecule has 0 aliphatic heterocycles. The number of hydrogen-bond acceptors (Lipinski definition) is 4. The Balaban J connectivity index is 1.82. The van der Waals surface area contributed by atoms with Crippen LogP contribution in [0.25, 0.3) is 0 Å². The Morgan fingerprint density at radius 3 is 2.58 bits per heavy atom. The lowest BCUT2D eigenvalue weighted by molar-refractivity contribution is 0.215. The molecule has 24 heavy (non-hydrogen) atoms. The number of aliphatic hydroxyl groups excluding tert-OH is 1. The van der Waals surface area contributed by atoms with Crippen molar-refractivity contribution >= 4 is 17.4 Å². The van der Waals surface area contributed by atoms with E-state index in [1.54, 1.807) is 11.3 Å². The molecule has 130 valence electrons. The summed E-state index contributed by atoms with van der Waals surface area (Å²) in [6, 6.07) is 9.18. The summed E-state index contributed by atoms with van der Waals surface area (Å²) in [4.78, 5) is 16.6. The second-order valence-corrected chi connectivity index (χ2v) is 7.65. The fourth-order valence-electron chi connectivity index (χ4n) is 2.20. The van der Waals surface area contributed by atoms with Crippen LogP contribution in [0.2, 0.25) is 0 Å². The van der Waals surface area contributed by atoms with Crippen molar-refractivity contribution in [1.29, 1.82) is 0 Å². The van der Waals surface area contributed by atoms with E-state index >= 15 is 0 Å². The third kappa shape index (κ3) is 5.62. The number of thiazole rings is 1. The zero-order chi connectivity index (χ0) is 17.6. The summed E-state index contributed by atoms with van der Waals surface area (Å²) in [6.07, 6.45) is 0.593. The Morgan fingerprint density at radius 2 is 2.00 bits per heavy atom. The Labute approximate surface area is 147 Å². The van der Waals surface area contributed by atoms with Crippen LogP contribution in [0.5, 0.6) is 0 Å². The number of nitrogens with zero attached hydrogens (tertiary/aromatic N) is 1. The summed E-state index contributed by atoms with van der Waals surface area (Å²) >= 11 is 1.61. The standard InChI is InChI=1S/C18H25N3O2S/c1-18(2,3)16-20-15(12-24-16)10-19-17(23)21-14(11-22)9-13-7-5-4-6-8-13/h4-8,12,14,22H,9-11H2,1-3H3,(H2,19,21,23). The minimum absolute atomic E-state index is 0.0167. The van der Waals surface area contributed by atoms with E-state index in [9.17, 15) is 9.90 Å². The quantitative estimate of drug-likeness (QED) is 0.752. The van der Waals surface area contributed by atoms with Crippen LogP contribution in [-0.2, 0) is 18.4 Å². The number of aromatic nitrogens is 1. The summed E-state index contributed by atoms with van der Waals surface area (Å²) in [7, 11) is 0. The summed E-state index contributed by atoms with van der Waals surface area (Å²) < 4.78 is 0. The van der Waals surface area contributed by atoms with Crippen LogP contribution in [0.1, 0.15) is 37.0 Å². The molecule has 1 heterocycles. The molecule has 0 saturated carbocycles. The SMILES string of the molecule is CC(C)(C)c1nc(CNC(=O)NC(CO)Cc2ccccc2)cs1. The molecule has 0 radical (unpaired) electrons. The van der Waals surface area contributed by atoms with Crippen molar-refractivity contribution < 1.29 is 9.90 Å². The van der Waals surface area contributed by atoms with Gasteiger partial charge in [-0.05, 0) is 12.0 Å². The highest BCUT2D eigenvalue weighted by Crippen LogP contribution is 2.25. The van der Waals surface area contributed by atoms with Crippen molar-refractivity contribution in [3.63, 3.8) is 0 Å². The van der Waals surface area contributed by atoms with E-state index in [4.69, 9.17) is 0 Å². The molecule has 0 saturated heterocycles. The maximum atomic E-state index is 12.0. The summed E-state index contributed by atoms with van der Waals surface area (Å²) in [5, 5.41) is 18.1. The van der Waals surface area contributed by atoms with Crippen molar-refractivity contribution in [2.75, 3.05) is 6.61 Å². The van der Waals surface area contributed by atoms with Gasteiger partial charge in [0.05, 0.1) is 29.9 Å². The predicted molar refractivity (Wildman–Crippen MR) is 97.2 cm³/mol. The lowest BCUT2D eigenvalue weighted by Gasteiger charge is -2.17. The average Bonchev–Trinajstić information content (AvgIpc) is 3.02. The van der Waals surface area contributed by atoms with E-state index in [1.165, 1.54) is 0 Å². The first-order valence-electron chi connectivity index (χ1n) is 8.02. The van der Waals surface area contributed by atoms with Crippen molar-refractivity contribution in [2.24, 2.45) is 0 Å². The minimum atomic E-state index is -0.312. The van der Waals surface area contributed by atoms with E-state index in [1.807, 2.05) is 35.7 Å². The number of amides is 2. The number of benzene rings is 1. The van der Waals surface area contributed by atoms with Gasteiger partial charge in [-0.15, -0.1) is 11.3 Å². The molecule has 5 nitrogen and oxygen atoms in total. The normalized spacial score (nSPS) is 12.7. The molecule has 0 aliphatic carbocycles. The Hall–Kier alpha value is -1.92. The van der Waals surface area contributed by atoms with Crippen LogP contribution in [-0.4, -0.2) is 28.8 Å². The second-order valence-electron chi connectivity index (χ2n) is 6.79. The number of aliphatic hydroxyl groups is 1. The third-order valence-electron chi connectivity index (χ3n) is 3.50. The Morgan fingerprint density at radius 1 is 1.29 bits per heavy atom. The maximum absolute atomic E-state index is 12.0. The smallest absolute Gasteiger partial charge is 0.315 e. The number of carbonyl (C=O) groups is 1. The molecule has 2 rings (SSSR count). The number of nitrogens with one attached hydrogen (secondary N) is 2. The molecule has 0 spiro atoms. The number of rotatable bonds is 6. The van der Waals surface area contributed by atoms with Crippen LogP contribution >= 0.6 is 11.3 Å². The van der Waals surface area contributed by atoms with Crippen molar-refractivity contribution in [3.8, 4) is 0 Å². The van der Waals surface area contributed by atoms with Crippen LogP contribution in [0.3, 0.4) is 0 Å². The molecule has 1 atom stereocenters. The molecule has 3 N–H and O–H groups in total. The zero-order valence-electron chi connectivity index (χ0n) is 14.4. The van der Waals surface area contributed by atoms with Crippen LogP contribution in [0.4, 0.5) is 4.79 Å². The van der Waals surface area contributed by atoms with Crippen LogP contribution < -0.4 is 10.6 Å². The molecule has 1 aromatic heterocycles. The number of urea groups is 1. The van der Waals surface area contributed by atoms with Gasteiger partial charge in [0.15, 0.2) is 0 Å². The van der Waals surface area contributed by atoms with Crippen LogP contribution in [0, 0.1) is 0 Å². The van der Waals surface area contributed by atoms with Gasteiger partial charge in [-0.25, -0.2) is 9.78 Å². The Bertz CT molecular complexity index is 650. The molecule has 0 aliphatic rings. The summed E-state index contributed by atoms with van der Waals surface area (Å²) in [5.41, 5.74) is 1.94. The van der Waals surface area contributed by atoms with Gasteiger partial charge in [0, 0.05) is 10.8 Å². The minimum Gasteiger partial charge on any atom is -0.394 e. The first-order valence-corrected chi connectivity index (χ1v) is 8.90. The van der Waals surface area contributed by atoms with Gasteiger partial charge in [-0.2, -0.15) is 0 Å². The number of hydrogen-bond donors (Lipinski definition) is 3. The van der Waals surface area contributed by atoms with Gasteiger partial charge >= 0.3 is 6.03 Å². The molecule has 0 bridgehead atoms. The lowest BCUT2D eigenvalue weighted by atomic mass is 9.98. The van der Waals surface area contributed by atoms with Gasteiger partial charge < -0.3 is 15.7 Å². The number of carbonyl (C=O) groups excluding carboxylic acids is 1. The molecule has 2 aromatic rings. The largest absolute Gasteiger partial charge is 0.394 e. The molecule has 1 aromatic carbocycles. The molecular weight excluding hydrogens is 322 g/mol. The monoisotopic (exact) mass is 347 g/mol. The molecule has 1 unspecified atom stereocenters. The van der Waals surface area contributed by atoms with Gasteiger partial charge in [0.2, 0.25) is 0 Å². The topological polar surface area (TPSA) is 74.2 Å². The van der Waals surface area contributed by atoms with Crippen LogP contribution in [0.15, 0.2) is 35.7 Å². The van der Waals surface area contributed by atoms with E-state index in [2.05, 4.69) is 36.4 Å². The summed E-state index contributed by atoms with van der Waals surface area (Å²) in [6.45, 7) is 6.62. The highest BCUT2D eigenvalue weighted by molar-refractivity contribution is 7.09. The van der Waals surface area contributed by atoms with E-state index in [0.717, 1.165) is 16.3 Å². The van der Waals surface area contributed by atoms with Gasteiger partial charge in [0.1, 0.15) is 0 Å². The highest BCUT2D eigenvalue weighted by Gasteiger charge is 2.18. The Kier molecular flexibility index (Phi) is 6.34. The summed E-state index contributed by atoms with van der Waals surface area (Å²) in [5.74, 6) is 0. The first kappa shape index (κ1) is 18.4. The fraction of sp³-hybridized carbons (Fsp3) is 0.444.